The summed E-state index contributed by atoms with van der Waals surface area (Å²) in [6, 6.07) is 16.1. The first-order valence-corrected chi connectivity index (χ1v) is 7.05. The summed E-state index contributed by atoms with van der Waals surface area (Å²) in [6.07, 6.45) is 1.77. The number of aromatic nitrogens is 1. The molecule has 0 atom stereocenters. The molecule has 2 N–H and O–H groups in total. The van der Waals surface area contributed by atoms with Gasteiger partial charge in [0.2, 0.25) is 0 Å². The molecule has 0 radical (unpaired) electrons. The van der Waals surface area contributed by atoms with E-state index in [0.29, 0.717) is 27.8 Å². The summed E-state index contributed by atoms with van der Waals surface area (Å²) in [4.78, 5) is 4.41. The van der Waals surface area contributed by atoms with Crippen LogP contribution in [-0.2, 0) is 0 Å². The first-order chi connectivity index (χ1) is 11.2. The Hall–Kier alpha value is -3.34. The van der Waals surface area contributed by atoms with Crippen LogP contribution in [0.3, 0.4) is 0 Å². The van der Waals surface area contributed by atoms with Crippen molar-refractivity contribution in [2.24, 2.45) is 5.16 Å². The minimum Gasteiger partial charge on any atom is -0.508 e. The van der Waals surface area contributed by atoms with E-state index in [1.165, 1.54) is 12.1 Å². The van der Waals surface area contributed by atoms with E-state index in [-0.39, 0.29) is 5.75 Å². The summed E-state index contributed by atoms with van der Waals surface area (Å²) < 4.78 is 5.85. The van der Waals surface area contributed by atoms with Gasteiger partial charge in [0, 0.05) is 17.6 Å². The number of fused-ring (bicyclic) bond motifs is 2. The molecule has 0 saturated heterocycles. The van der Waals surface area contributed by atoms with Crippen LogP contribution >= 0.6 is 0 Å². The fraction of sp³-hybridized carbons (Fsp3) is 0. The number of nitrogens with zero attached hydrogens (tertiary/aromatic N) is 2. The number of hydrogen-bond acceptors (Lipinski definition) is 5. The van der Waals surface area contributed by atoms with Crippen LogP contribution in [0.2, 0.25) is 0 Å². The molecule has 0 aliphatic rings. The second kappa shape index (κ2) is 5.14. The molecule has 0 spiro atoms. The maximum Gasteiger partial charge on any atom is 0.155 e. The molecular formula is C18H12N2O3. The highest BCUT2D eigenvalue weighted by molar-refractivity contribution is 5.85. The zero-order valence-corrected chi connectivity index (χ0v) is 12.0. The van der Waals surface area contributed by atoms with Gasteiger partial charge >= 0.3 is 0 Å². The third-order valence-corrected chi connectivity index (χ3v) is 3.72. The molecule has 23 heavy (non-hydrogen) atoms. The summed E-state index contributed by atoms with van der Waals surface area (Å²) in [6.45, 7) is 0. The quantitative estimate of drug-likeness (QED) is 0.415. The molecule has 0 saturated carbocycles. The molecule has 5 heteroatoms. The fourth-order valence-corrected chi connectivity index (χ4v) is 2.58. The second-order valence-electron chi connectivity index (χ2n) is 5.19. The topological polar surface area (TPSA) is 78.9 Å². The van der Waals surface area contributed by atoms with Crippen molar-refractivity contribution in [1.82, 2.24) is 4.98 Å². The van der Waals surface area contributed by atoms with Gasteiger partial charge in [-0.3, -0.25) is 4.98 Å². The lowest BCUT2D eigenvalue weighted by Gasteiger charge is -2.05. The Morgan fingerprint density at radius 3 is 2.61 bits per heavy atom. The molecule has 2 heterocycles. The van der Waals surface area contributed by atoms with Gasteiger partial charge < -0.3 is 14.7 Å². The zero-order chi connectivity index (χ0) is 15.8. The van der Waals surface area contributed by atoms with Crippen LogP contribution in [0.25, 0.3) is 33.2 Å². The van der Waals surface area contributed by atoms with Gasteiger partial charge in [0.15, 0.2) is 5.76 Å². The van der Waals surface area contributed by atoms with Crippen molar-refractivity contribution in [3.63, 3.8) is 0 Å². The molecular weight excluding hydrogens is 292 g/mol. The van der Waals surface area contributed by atoms with Crippen molar-refractivity contribution in [1.29, 1.82) is 0 Å². The smallest absolute Gasteiger partial charge is 0.155 e. The van der Waals surface area contributed by atoms with Gasteiger partial charge in [0.05, 0.1) is 5.39 Å². The van der Waals surface area contributed by atoms with Crippen LogP contribution in [-0.4, -0.2) is 15.3 Å². The Morgan fingerprint density at radius 2 is 1.78 bits per heavy atom. The van der Waals surface area contributed by atoms with Crippen molar-refractivity contribution in [2.75, 3.05) is 0 Å². The van der Waals surface area contributed by atoms with Gasteiger partial charge in [-0.25, -0.2) is 0 Å². The van der Waals surface area contributed by atoms with Gasteiger partial charge in [-0.2, -0.15) is 0 Å². The lowest BCUT2D eigenvalue weighted by Crippen LogP contribution is -2.03. The van der Waals surface area contributed by atoms with Crippen LogP contribution in [0.1, 0.15) is 0 Å². The molecule has 0 aliphatic heterocycles. The monoisotopic (exact) mass is 304 g/mol. The fourth-order valence-electron chi connectivity index (χ4n) is 2.58. The standard InChI is InChI=1S/C18H12N2O3/c21-13-5-6-17-14(8-13)15(20-22)9-18(23-17)16-7-11-3-1-2-4-12(11)10-19-16/h1-10,21-22H/b20-15-. The zero-order valence-electron chi connectivity index (χ0n) is 12.0. The van der Waals surface area contributed by atoms with Crippen LogP contribution in [0.5, 0.6) is 5.75 Å². The Labute approximate surface area is 130 Å². The van der Waals surface area contributed by atoms with Gasteiger partial charge in [-0.1, -0.05) is 29.4 Å². The highest BCUT2D eigenvalue weighted by Crippen LogP contribution is 2.25. The lowest BCUT2D eigenvalue weighted by molar-refractivity contribution is 0.302. The number of hydrogen-bond donors (Lipinski definition) is 2. The number of aromatic hydroxyl groups is 1. The maximum atomic E-state index is 9.58. The highest BCUT2D eigenvalue weighted by Gasteiger charge is 2.09. The average Bonchev–Trinajstić information content (AvgIpc) is 2.60. The Morgan fingerprint density at radius 1 is 0.957 bits per heavy atom. The van der Waals surface area contributed by atoms with E-state index in [4.69, 9.17) is 4.42 Å². The van der Waals surface area contributed by atoms with Crippen LogP contribution in [0.15, 0.2) is 70.4 Å². The van der Waals surface area contributed by atoms with Crippen LogP contribution in [0, 0.1) is 0 Å². The molecule has 0 unspecified atom stereocenters. The van der Waals surface area contributed by atoms with Gasteiger partial charge in [-0.15, -0.1) is 0 Å². The number of phenols is 1. The molecule has 4 rings (SSSR count). The van der Waals surface area contributed by atoms with Crippen molar-refractivity contribution in [3.8, 4) is 17.2 Å². The Balaban J connectivity index is 1.99. The summed E-state index contributed by atoms with van der Waals surface area (Å²) in [5.74, 6) is 0.566. The molecule has 4 aromatic rings. The average molecular weight is 304 g/mol. The molecule has 5 nitrogen and oxygen atoms in total. The maximum absolute atomic E-state index is 9.58. The van der Waals surface area contributed by atoms with E-state index in [2.05, 4.69) is 10.1 Å². The lowest BCUT2D eigenvalue weighted by atomic mass is 10.1. The third kappa shape index (κ3) is 2.28. The van der Waals surface area contributed by atoms with E-state index in [0.717, 1.165) is 10.8 Å². The molecule has 2 aromatic carbocycles. The van der Waals surface area contributed by atoms with Crippen LogP contribution in [0.4, 0.5) is 0 Å². The van der Waals surface area contributed by atoms with Gasteiger partial charge in [0.25, 0.3) is 0 Å². The molecule has 0 amide bonds. The van der Waals surface area contributed by atoms with E-state index < -0.39 is 0 Å². The minimum absolute atomic E-state index is 0.0779. The number of pyridine rings is 1. The van der Waals surface area contributed by atoms with Crippen LogP contribution < -0.4 is 5.36 Å². The second-order valence-corrected chi connectivity index (χ2v) is 5.19. The largest absolute Gasteiger partial charge is 0.508 e. The molecule has 0 fully saturated rings. The van der Waals surface area contributed by atoms with E-state index in [1.807, 2.05) is 30.3 Å². The van der Waals surface area contributed by atoms with Crippen molar-refractivity contribution in [2.45, 2.75) is 0 Å². The highest BCUT2D eigenvalue weighted by atomic mass is 16.4. The predicted molar refractivity (Wildman–Crippen MR) is 86.0 cm³/mol. The summed E-state index contributed by atoms with van der Waals surface area (Å²) in [7, 11) is 0. The molecule has 0 aliphatic carbocycles. The van der Waals surface area contributed by atoms with Gasteiger partial charge in [-0.05, 0) is 29.7 Å². The van der Waals surface area contributed by atoms with Crippen molar-refractivity contribution in [3.05, 3.63) is 66.2 Å². The SMILES string of the molecule is O/N=c1/cc(-c2cc3ccccc3cn2)oc2ccc(O)cc12. The van der Waals surface area contributed by atoms with Crippen molar-refractivity contribution >= 4 is 21.7 Å². The predicted octanol–water partition coefficient (Wildman–Crippen LogP) is 3.64. The number of rotatable bonds is 1. The number of phenolic OH excluding ortho intramolecular Hbond substituents is 1. The Bertz CT molecular complexity index is 1100. The summed E-state index contributed by atoms with van der Waals surface area (Å²) in [5.41, 5.74) is 1.15. The molecule has 112 valence electrons. The first-order valence-electron chi connectivity index (χ1n) is 7.05. The third-order valence-electron chi connectivity index (χ3n) is 3.72. The summed E-state index contributed by atoms with van der Waals surface area (Å²) >= 11 is 0. The Kier molecular flexibility index (Phi) is 2.98. The van der Waals surface area contributed by atoms with Gasteiger partial charge in [0.1, 0.15) is 22.4 Å². The molecule has 2 aromatic heterocycles. The van der Waals surface area contributed by atoms with E-state index in [1.54, 1.807) is 18.3 Å². The minimum atomic E-state index is 0.0779. The molecule has 0 bridgehead atoms. The van der Waals surface area contributed by atoms with E-state index in [9.17, 15) is 10.3 Å². The normalized spacial score (nSPS) is 12.1. The van der Waals surface area contributed by atoms with E-state index >= 15 is 0 Å². The van der Waals surface area contributed by atoms with Crippen molar-refractivity contribution < 1.29 is 14.7 Å². The first kappa shape index (κ1) is 13.3. The summed E-state index contributed by atoms with van der Waals surface area (Å²) in [5, 5.41) is 25.0. The number of benzene rings is 2.